The molecule has 0 radical (unpaired) electrons. The Hall–Kier alpha value is -1.45. The van der Waals surface area contributed by atoms with E-state index in [1.165, 1.54) is 83.5 Å². The molecule has 1 rings (SSSR count). The standard InChI is InChI=1S/C23H42N2O2/c1-4-5-6-7-8-9-10-11-12-13-14-15-16-17-18-25-20-19-24(3)22(25)21(2)23(26)27/h19-20,22H,2,4-18H2,1,3H3,(H,26,27). The van der Waals surface area contributed by atoms with Gasteiger partial charge in [0.05, 0.1) is 5.57 Å². The minimum absolute atomic E-state index is 0.232. The van der Waals surface area contributed by atoms with Gasteiger partial charge in [0.1, 0.15) is 6.17 Å². The van der Waals surface area contributed by atoms with Gasteiger partial charge in [-0.1, -0.05) is 97.0 Å². The molecule has 0 aromatic heterocycles. The number of aliphatic carboxylic acids is 1. The van der Waals surface area contributed by atoms with Crippen molar-refractivity contribution in [3.8, 4) is 0 Å². The van der Waals surface area contributed by atoms with Gasteiger partial charge in [0.25, 0.3) is 0 Å². The minimum Gasteiger partial charge on any atom is -0.478 e. The zero-order valence-electron chi connectivity index (χ0n) is 17.8. The van der Waals surface area contributed by atoms with Crippen molar-refractivity contribution in [2.75, 3.05) is 13.6 Å². The van der Waals surface area contributed by atoms with E-state index >= 15 is 0 Å². The molecule has 0 aliphatic carbocycles. The van der Waals surface area contributed by atoms with E-state index in [1.54, 1.807) is 0 Å². The fraction of sp³-hybridized carbons (Fsp3) is 0.783. The second-order valence-electron chi connectivity index (χ2n) is 8.00. The molecule has 1 aliphatic heterocycles. The molecule has 27 heavy (non-hydrogen) atoms. The van der Waals surface area contributed by atoms with Gasteiger partial charge in [0.15, 0.2) is 0 Å². The Morgan fingerprint density at radius 1 is 0.852 bits per heavy atom. The third kappa shape index (κ3) is 9.88. The average Bonchev–Trinajstić information content (AvgIpc) is 3.01. The third-order valence-electron chi connectivity index (χ3n) is 5.55. The second-order valence-corrected chi connectivity index (χ2v) is 8.00. The van der Waals surface area contributed by atoms with Crippen LogP contribution in [0.3, 0.4) is 0 Å². The number of unbranched alkanes of at least 4 members (excludes halogenated alkanes) is 13. The topological polar surface area (TPSA) is 43.8 Å². The van der Waals surface area contributed by atoms with E-state index in [-0.39, 0.29) is 11.7 Å². The number of carboxylic acids is 1. The summed E-state index contributed by atoms with van der Waals surface area (Å²) in [5.74, 6) is -0.915. The fourth-order valence-corrected chi connectivity index (χ4v) is 3.83. The molecule has 4 heteroatoms. The molecule has 1 N–H and O–H groups in total. The van der Waals surface area contributed by atoms with Crippen LogP contribution >= 0.6 is 0 Å². The van der Waals surface area contributed by atoms with Crippen LogP contribution in [0.4, 0.5) is 0 Å². The van der Waals surface area contributed by atoms with Crippen LogP contribution < -0.4 is 0 Å². The first-order chi connectivity index (χ1) is 13.1. The lowest BCUT2D eigenvalue weighted by atomic mass is 10.0. The van der Waals surface area contributed by atoms with Gasteiger partial charge in [-0.25, -0.2) is 4.79 Å². The number of rotatable bonds is 17. The van der Waals surface area contributed by atoms with E-state index in [9.17, 15) is 9.90 Å². The molecular weight excluding hydrogens is 336 g/mol. The highest BCUT2D eigenvalue weighted by Crippen LogP contribution is 2.21. The summed E-state index contributed by atoms with van der Waals surface area (Å²) in [6.45, 7) is 6.90. The lowest BCUT2D eigenvalue weighted by Crippen LogP contribution is -2.40. The summed E-state index contributed by atoms with van der Waals surface area (Å²) in [4.78, 5) is 15.2. The Bertz CT molecular complexity index is 448. The van der Waals surface area contributed by atoms with Crippen LogP contribution in [-0.2, 0) is 4.79 Å². The summed E-state index contributed by atoms with van der Waals surface area (Å²) in [5, 5.41) is 9.19. The SMILES string of the molecule is C=C(C(=O)O)C1N(C)C=CN1CCCCCCCCCCCCCCCC. The van der Waals surface area contributed by atoms with E-state index in [4.69, 9.17) is 0 Å². The van der Waals surface area contributed by atoms with Crippen molar-refractivity contribution < 1.29 is 9.90 Å². The van der Waals surface area contributed by atoms with Gasteiger partial charge < -0.3 is 14.9 Å². The molecule has 0 amide bonds. The molecule has 0 bridgehead atoms. The minimum atomic E-state index is -0.915. The molecule has 156 valence electrons. The van der Waals surface area contributed by atoms with E-state index < -0.39 is 5.97 Å². The highest BCUT2D eigenvalue weighted by Gasteiger charge is 2.29. The zero-order chi connectivity index (χ0) is 19.9. The molecular formula is C23H42N2O2. The smallest absolute Gasteiger partial charge is 0.334 e. The van der Waals surface area contributed by atoms with Crippen LogP contribution in [0.5, 0.6) is 0 Å². The molecule has 0 saturated carbocycles. The molecule has 0 spiro atoms. The van der Waals surface area contributed by atoms with Crippen molar-refractivity contribution in [2.45, 2.75) is 103 Å². The quantitative estimate of drug-likeness (QED) is 0.243. The van der Waals surface area contributed by atoms with E-state index in [1.807, 2.05) is 24.3 Å². The van der Waals surface area contributed by atoms with Crippen LogP contribution in [-0.4, -0.2) is 40.6 Å². The van der Waals surface area contributed by atoms with Crippen LogP contribution in [0.15, 0.2) is 24.6 Å². The summed E-state index contributed by atoms with van der Waals surface area (Å²) in [6, 6.07) is 0. The molecule has 0 fully saturated rings. The lowest BCUT2D eigenvalue weighted by molar-refractivity contribution is -0.133. The van der Waals surface area contributed by atoms with E-state index in [0.29, 0.717) is 0 Å². The number of hydrogen-bond donors (Lipinski definition) is 1. The first kappa shape index (κ1) is 23.6. The van der Waals surface area contributed by atoms with Gasteiger partial charge in [-0.15, -0.1) is 0 Å². The Morgan fingerprint density at radius 2 is 1.30 bits per heavy atom. The number of nitrogens with zero attached hydrogens (tertiary/aromatic N) is 2. The predicted octanol–water partition coefficient (Wildman–Crippen LogP) is 6.15. The molecule has 0 aromatic rings. The summed E-state index contributed by atoms with van der Waals surface area (Å²) in [5.41, 5.74) is 0.243. The highest BCUT2D eigenvalue weighted by atomic mass is 16.4. The first-order valence-corrected chi connectivity index (χ1v) is 11.2. The predicted molar refractivity (Wildman–Crippen MR) is 114 cm³/mol. The van der Waals surface area contributed by atoms with Crippen molar-refractivity contribution in [3.63, 3.8) is 0 Å². The summed E-state index contributed by atoms with van der Waals surface area (Å²) >= 11 is 0. The lowest BCUT2D eigenvalue weighted by Gasteiger charge is -2.30. The van der Waals surface area contributed by atoms with Gasteiger partial charge in [0.2, 0.25) is 0 Å². The van der Waals surface area contributed by atoms with Crippen LogP contribution in [0, 0.1) is 0 Å². The summed E-state index contributed by atoms with van der Waals surface area (Å²) in [7, 11) is 1.90. The van der Waals surface area contributed by atoms with Gasteiger partial charge in [-0.3, -0.25) is 0 Å². The molecule has 1 heterocycles. The molecule has 0 aromatic carbocycles. The Labute approximate surface area is 167 Å². The maximum Gasteiger partial charge on any atom is 0.334 e. The highest BCUT2D eigenvalue weighted by molar-refractivity contribution is 5.87. The summed E-state index contributed by atoms with van der Waals surface area (Å²) < 4.78 is 0. The molecule has 1 unspecified atom stereocenters. The number of likely N-dealkylation sites (N-methyl/N-ethyl adjacent to an activating group) is 1. The Morgan fingerprint density at radius 3 is 1.74 bits per heavy atom. The molecule has 4 nitrogen and oxygen atoms in total. The van der Waals surface area contributed by atoms with Gasteiger partial charge >= 0.3 is 5.97 Å². The first-order valence-electron chi connectivity index (χ1n) is 11.2. The van der Waals surface area contributed by atoms with Crippen LogP contribution in [0.25, 0.3) is 0 Å². The molecule has 1 aliphatic rings. The van der Waals surface area contributed by atoms with E-state index in [2.05, 4.69) is 18.4 Å². The van der Waals surface area contributed by atoms with Crippen molar-refractivity contribution in [2.24, 2.45) is 0 Å². The number of carboxylic acid groups (broad SMARTS) is 1. The van der Waals surface area contributed by atoms with Crippen molar-refractivity contribution in [1.82, 2.24) is 9.80 Å². The van der Waals surface area contributed by atoms with Gasteiger partial charge in [-0.05, 0) is 6.42 Å². The van der Waals surface area contributed by atoms with Crippen LogP contribution in [0.1, 0.15) is 96.8 Å². The zero-order valence-corrected chi connectivity index (χ0v) is 17.8. The van der Waals surface area contributed by atoms with Gasteiger partial charge in [0, 0.05) is 26.0 Å². The Kier molecular flexibility index (Phi) is 12.7. The number of carbonyl (C=O) groups is 1. The molecule has 1 atom stereocenters. The summed E-state index contributed by atoms with van der Waals surface area (Å²) in [6.07, 6.45) is 22.6. The van der Waals surface area contributed by atoms with Crippen LogP contribution in [0.2, 0.25) is 0 Å². The fourth-order valence-electron chi connectivity index (χ4n) is 3.83. The maximum atomic E-state index is 11.2. The maximum absolute atomic E-state index is 11.2. The monoisotopic (exact) mass is 378 g/mol. The largest absolute Gasteiger partial charge is 0.478 e. The van der Waals surface area contributed by atoms with Crippen molar-refractivity contribution in [1.29, 1.82) is 0 Å². The van der Waals surface area contributed by atoms with Crippen molar-refractivity contribution >= 4 is 5.97 Å². The van der Waals surface area contributed by atoms with Crippen molar-refractivity contribution in [3.05, 3.63) is 24.6 Å². The normalized spacial score (nSPS) is 16.3. The second kappa shape index (κ2) is 14.6. The average molecular weight is 379 g/mol. The van der Waals surface area contributed by atoms with Gasteiger partial charge in [-0.2, -0.15) is 0 Å². The molecule has 0 saturated heterocycles. The third-order valence-corrected chi connectivity index (χ3v) is 5.55. The Balaban J connectivity index is 1.95. The van der Waals surface area contributed by atoms with E-state index in [0.717, 1.165) is 13.0 Å². The number of hydrogen-bond acceptors (Lipinski definition) is 3.